The molecule has 1 aromatic carbocycles. The van der Waals surface area contributed by atoms with Crippen LogP contribution in [0.4, 0.5) is 0 Å². The van der Waals surface area contributed by atoms with E-state index in [-0.39, 0.29) is 0 Å². The van der Waals surface area contributed by atoms with E-state index in [0.29, 0.717) is 11.4 Å². The third-order valence-electron chi connectivity index (χ3n) is 1.32. The molecule has 0 bridgehead atoms. The van der Waals surface area contributed by atoms with E-state index in [1.54, 1.807) is 18.2 Å². The fraction of sp³-hybridized carbons (Fsp3) is 0.100. The lowest BCUT2D eigenvalue weighted by molar-refractivity contribution is 0.112. The number of hydrogen-bond donors (Lipinski definition) is 0. The summed E-state index contributed by atoms with van der Waals surface area (Å²) < 4.78 is 0. The van der Waals surface area contributed by atoms with Crippen molar-refractivity contribution in [3.05, 3.63) is 35.4 Å². The minimum absolute atomic E-state index is 0.311. The molecule has 0 aliphatic rings. The van der Waals surface area contributed by atoms with Gasteiger partial charge in [-0.1, -0.05) is 24.0 Å². The van der Waals surface area contributed by atoms with E-state index in [1.807, 2.05) is 6.07 Å². The smallest absolute Gasteiger partial charge is 0.150 e. The molecule has 1 aromatic rings. The summed E-state index contributed by atoms with van der Waals surface area (Å²) in [6.07, 6.45) is 0.797. The predicted molar refractivity (Wildman–Crippen MR) is 49.4 cm³/mol. The van der Waals surface area contributed by atoms with Crippen molar-refractivity contribution in [2.45, 2.75) is 0 Å². The molecule has 0 N–H and O–H groups in total. The molecule has 0 aromatic heterocycles. The maximum Gasteiger partial charge on any atom is 0.150 e. The van der Waals surface area contributed by atoms with Crippen LogP contribution in [-0.4, -0.2) is 12.2 Å². The van der Waals surface area contributed by atoms with Crippen LogP contribution >= 0.6 is 11.6 Å². The van der Waals surface area contributed by atoms with Gasteiger partial charge in [0.25, 0.3) is 0 Å². The average Bonchev–Trinajstić information content (AvgIpc) is 2.15. The minimum Gasteiger partial charge on any atom is -0.298 e. The summed E-state index contributed by atoms with van der Waals surface area (Å²) in [5.41, 5.74) is 1.46. The molecule has 0 radical (unpaired) electrons. The van der Waals surface area contributed by atoms with Crippen LogP contribution in [0.2, 0.25) is 0 Å². The molecule has 0 atom stereocenters. The Morgan fingerprint density at radius 1 is 1.50 bits per heavy atom. The molecule has 0 aliphatic heterocycles. The van der Waals surface area contributed by atoms with Gasteiger partial charge in [0.05, 0.1) is 5.88 Å². The number of rotatable bonds is 1. The second-order valence-electron chi connectivity index (χ2n) is 2.18. The second kappa shape index (κ2) is 4.58. The molecule has 0 unspecified atom stereocenters. The van der Waals surface area contributed by atoms with Crippen molar-refractivity contribution < 1.29 is 4.79 Å². The Bertz CT molecular complexity index is 333. The van der Waals surface area contributed by atoms with Crippen molar-refractivity contribution >= 4 is 17.9 Å². The highest BCUT2D eigenvalue weighted by atomic mass is 35.5. The Morgan fingerprint density at radius 3 is 3.00 bits per heavy atom. The summed E-state index contributed by atoms with van der Waals surface area (Å²) in [4.78, 5) is 10.4. The van der Waals surface area contributed by atoms with Gasteiger partial charge in [0.1, 0.15) is 6.29 Å². The Morgan fingerprint density at radius 2 is 2.33 bits per heavy atom. The SMILES string of the molecule is O=Cc1cccc(C#CCCl)c1. The van der Waals surface area contributed by atoms with Gasteiger partial charge < -0.3 is 0 Å². The minimum atomic E-state index is 0.311. The van der Waals surface area contributed by atoms with Crippen molar-refractivity contribution in [2.24, 2.45) is 0 Å². The summed E-state index contributed by atoms with van der Waals surface area (Å²) >= 11 is 5.38. The molecule has 60 valence electrons. The number of carbonyl (C=O) groups is 1. The molecule has 0 saturated heterocycles. The highest BCUT2D eigenvalue weighted by Crippen LogP contribution is 2.00. The van der Waals surface area contributed by atoms with Gasteiger partial charge in [-0.15, -0.1) is 11.6 Å². The van der Waals surface area contributed by atoms with Crippen molar-refractivity contribution in [1.29, 1.82) is 0 Å². The van der Waals surface area contributed by atoms with Gasteiger partial charge in [-0.3, -0.25) is 4.79 Å². The van der Waals surface area contributed by atoms with Gasteiger partial charge in [0, 0.05) is 11.1 Å². The molecule has 0 aliphatic carbocycles. The lowest BCUT2D eigenvalue weighted by atomic mass is 10.1. The van der Waals surface area contributed by atoms with Crippen LogP contribution in [0, 0.1) is 11.8 Å². The van der Waals surface area contributed by atoms with Crippen molar-refractivity contribution in [1.82, 2.24) is 0 Å². The topological polar surface area (TPSA) is 17.1 Å². The largest absolute Gasteiger partial charge is 0.298 e. The highest BCUT2D eigenvalue weighted by Gasteiger charge is 1.89. The fourth-order valence-electron chi connectivity index (χ4n) is 0.825. The van der Waals surface area contributed by atoms with Crippen LogP contribution in [0.5, 0.6) is 0 Å². The standard InChI is InChI=1S/C10H7ClO/c11-6-2-5-9-3-1-4-10(7-9)8-12/h1,3-4,7-8H,6H2. The quantitative estimate of drug-likeness (QED) is 0.366. The maximum absolute atomic E-state index is 10.4. The second-order valence-corrected chi connectivity index (χ2v) is 2.45. The monoisotopic (exact) mass is 178 g/mol. The molecule has 1 nitrogen and oxygen atoms in total. The number of hydrogen-bond acceptors (Lipinski definition) is 1. The van der Waals surface area contributed by atoms with E-state index < -0.39 is 0 Å². The Kier molecular flexibility index (Phi) is 3.37. The molecule has 0 heterocycles. The van der Waals surface area contributed by atoms with E-state index in [2.05, 4.69) is 11.8 Å². The van der Waals surface area contributed by atoms with E-state index in [4.69, 9.17) is 11.6 Å². The number of alkyl halides is 1. The van der Waals surface area contributed by atoms with Crippen LogP contribution in [0.3, 0.4) is 0 Å². The highest BCUT2D eigenvalue weighted by molar-refractivity contribution is 6.19. The molecule has 0 spiro atoms. The predicted octanol–water partition coefficient (Wildman–Crippen LogP) is 2.09. The molecule has 12 heavy (non-hydrogen) atoms. The van der Waals surface area contributed by atoms with Crippen LogP contribution in [0.15, 0.2) is 24.3 Å². The first-order valence-corrected chi connectivity index (χ1v) is 4.00. The summed E-state index contributed by atoms with van der Waals surface area (Å²) in [6, 6.07) is 7.10. The molecule has 0 amide bonds. The summed E-state index contributed by atoms with van der Waals surface area (Å²) in [6.45, 7) is 0. The lowest BCUT2D eigenvalue weighted by Gasteiger charge is -1.90. The van der Waals surface area contributed by atoms with Crippen molar-refractivity contribution in [3.63, 3.8) is 0 Å². The molecule has 1 rings (SSSR count). The molecular formula is C10H7ClO. The van der Waals surface area contributed by atoms with Gasteiger partial charge in [-0.2, -0.15) is 0 Å². The molecule has 0 fully saturated rings. The fourth-order valence-corrected chi connectivity index (χ4v) is 0.892. The van der Waals surface area contributed by atoms with Crippen molar-refractivity contribution in [3.8, 4) is 11.8 Å². The van der Waals surface area contributed by atoms with E-state index >= 15 is 0 Å². The molecular weight excluding hydrogens is 172 g/mol. The summed E-state index contributed by atoms with van der Waals surface area (Å²) in [7, 11) is 0. The maximum atomic E-state index is 10.4. The van der Waals surface area contributed by atoms with Gasteiger partial charge in [0.15, 0.2) is 0 Å². The van der Waals surface area contributed by atoms with Gasteiger partial charge >= 0.3 is 0 Å². The average molecular weight is 179 g/mol. The third-order valence-corrected chi connectivity index (χ3v) is 1.46. The van der Waals surface area contributed by atoms with E-state index in [0.717, 1.165) is 11.8 Å². The first kappa shape index (κ1) is 8.83. The van der Waals surface area contributed by atoms with Crippen LogP contribution in [0.1, 0.15) is 15.9 Å². The first-order chi connectivity index (χ1) is 5.86. The van der Waals surface area contributed by atoms with Gasteiger partial charge in [-0.25, -0.2) is 0 Å². The van der Waals surface area contributed by atoms with Crippen molar-refractivity contribution in [2.75, 3.05) is 5.88 Å². The number of carbonyl (C=O) groups excluding carboxylic acids is 1. The van der Waals surface area contributed by atoms with Crippen LogP contribution in [0.25, 0.3) is 0 Å². The van der Waals surface area contributed by atoms with Gasteiger partial charge in [-0.05, 0) is 12.1 Å². The number of aldehydes is 1. The zero-order valence-corrected chi connectivity index (χ0v) is 7.14. The van der Waals surface area contributed by atoms with E-state index in [1.165, 1.54) is 0 Å². The summed E-state index contributed by atoms with van der Waals surface area (Å²) in [5.74, 6) is 5.85. The first-order valence-electron chi connectivity index (χ1n) is 3.47. The van der Waals surface area contributed by atoms with Gasteiger partial charge in [0.2, 0.25) is 0 Å². The molecule has 0 saturated carbocycles. The number of halogens is 1. The Balaban J connectivity index is 2.93. The summed E-state index contributed by atoms with van der Waals surface area (Å²) in [5, 5.41) is 0. The Labute approximate surface area is 76.4 Å². The zero-order chi connectivity index (χ0) is 8.81. The normalized spacial score (nSPS) is 8.42. The zero-order valence-electron chi connectivity index (χ0n) is 6.38. The lowest BCUT2D eigenvalue weighted by Crippen LogP contribution is -1.80. The number of benzene rings is 1. The van der Waals surface area contributed by atoms with E-state index in [9.17, 15) is 4.79 Å². The van der Waals surface area contributed by atoms with Crippen LogP contribution < -0.4 is 0 Å². The van der Waals surface area contributed by atoms with Crippen LogP contribution in [-0.2, 0) is 0 Å². The molecule has 2 heteroatoms. The third kappa shape index (κ3) is 2.41. The Hall–Kier alpha value is -1.26.